The van der Waals surface area contributed by atoms with Crippen molar-refractivity contribution in [3.05, 3.63) is 82.8 Å². The standard InChI is InChI=1S/C31H35N5O2S/c1-3-5-7-8-30(37)36(21-27-19-33-22-35(27)20-24-11-9-23(18-32)10-12-24)26-13-14-28-25(16-26)17-29(39-28)31(38)34-15-6-4-2/h9-14,16-17,19,22H,3-8,15,20-21H2,1-2H3,(H,34,38). The molecule has 0 saturated heterocycles. The second kappa shape index (κ2) is 13.7. The molecule has 0 aliphatic heterocycles. The fourth-order valence-corrected chi connectivity index (χ4v) is 5.39. The van der Waals surface area contributed by atoms with Gasteiger partial charge in [-0.15, -0.1) is 11.3 Å². The number of rotatable bonds is 13. The van der Waals surface area contributed by atoms with Gasteiger partial charge in [-0.2, -0.15) is 5.26 Å². The van der Waals surface area contributed by atoms with Gasteiger partial charge in [0, 0.05) is 36.1 Å². The average molecular weight is 542 g/mol. The van der Waals surface area contributed by atoms with Crippen molar-refractivity contribution in [1.29, 1.82) is 5.26 Å². The lowest BCUT2D eigenvalue weighted by Crippen LogP contribution is -2.31. The van der Waals surface area contributed by atoms with Crippen LogP contribution in [0, 0.1) is 11.3 Å². The topological polar surface area (TPSA) is 91.0 Å². The molecule has 0 fully saturated rings. The Morgan fingerprint density at radius 3 is 2.59 bits per heavy atom. The van der Waals surface area contributed by atoms with Crippen LogP contribution < -0.4 is 10.2 Å². The fourth-order valence-electron chi connectivity index (χ4n) is 4.43. The molecule has 0 atom stereocenters. The normalized spacial score (nSPS) is 10.9. The molecular formula is C31H35N5O2S. The minimum Gasteiger partial charge on any atom is -0.351 e. The second-order valence-electron chi connectivity index (χ2n) is 9.70. The number of nitriles is 1. The van der Waals surface area contributed by atoms with Gasteiger partial charge < -0.3 is 14.8 Å². The van der Waals surface area contributed by atoms with Crippen LogP contribution in [-0.4, -0.2) is 27.9 Å². The maximum Gasteiger partial charge on any atom is 0.261 e. The molecule has 0 bridgehead atoms. The molecule has 0 radical (unpaired) electrons. The lowest BCUT2D eigenvalue weighted by Gasteiger charge is -2.24. The summed E-state index contributed by atoms with van der Waals surface area (Å²) in [5, 5.41) is 13.0. The molecule has 202 valence electrons. The van der Waals surface area contributed by atoms with Gasteiger partial charge in [-0.3, -0.25) is 9.59 Å². The predicted octanol–water partition coefficient (Wildman–Crippen LogP) is 6.66. The molecular weight excluding hydrogens is 506 g/mol. The summed E-state index contributed by atoms with van der Waals surface area (Å²) in [7, 11) is 0. The van der Waals surface area contributed by atoms with Crippen LogP contribution in [0.1, 0.15) is 78.9 Å². The largest absolute Gasteiger partial charge is 0.351 e. The summed E-state index contributed by atoms with van der Waals surface area (Å²) >= 11 is 1.47. The molecule has 4 aromatic rings. The zero-order valence-electron chi connectivity index (χ0n) is 22.7. The van der Waals surface area contributed by atoms with Crippen LogP contribution in [0.5, 0.6) is 0 Å². The van der Waals surface area contributed by atoms with Gasteiger partial charge in [0.1, 0.15) is 0 Å². The van der Waals surface area contributed by atoms with Crippen LogP contribution in [0.3, 0.4) is 0 Å². The summed E-state index contributed by atoms with van der Waals surface area (Å²) in [6.45, 7) is 5.89. The van der Waals surface area contributed by atoms with E-state index in [1.165, 1.54) is 11.3 Å². The molecule has 0 saturated carbocycles. The molecule has 39 heavy (non-hydrogen) atoms. The van der Waals surface area contributed by atoms with Gasteiger partial charge in [-0.1, -0.05) is 45.2 Å². The minimum absolute atomic E-state index is 0.0506. The number of carbonyl (C=O) groups is 2. The van der Waals surface area contributed by atoms with E-state index in [4.69, 9.17) is 5.26 Å². The SMILES string of the molecule is CCCCCC(=O)N(Cc1cncn1Cc1ccc(C#N)cc1)c1ccc2sc(C(=O)NCCCC)cc2c1. The zero-order valence-corrected chi connectivity index (χ0v) is 23.5. The zero-order chi connectivity index (χ0) is 27.6. The van der Waals surface area contributed by atoms with Gasteiger partial charge in [0.25, 0.3) is 5.91 Å². The summed E-state index contributed by atoms with van der Waals surface area (Å²) in [6.07, 6.45) is 8.95. The number of fused-ring (bicyclic) bond motifs is 1. The van der Waals surface area contributed by atoms with Gasteiger partial charge in [-0.25, -0.2) is 4.98 Å². The first-order chi connectivity index (χ1) is 19.0. The molecule has 0 unspecified atom stereocenters. The lowest BCUT2D eigenvalue weighted by atomic mass is 10.1. The third-order valence-electron chi connectivity index (χ3n) is 6.70. The van der Waals surface area contributed by atoms with E-state index in [9.17, 15) is 9.59 Å². The number of anilines is 1. The van der Waals surface area contributed by atoms with Gasteiger partial charge in [0.15, 0.2) is 0 Å². The summed E-state index contributed by atoms with van der Waals surface area (Å²) in [5.41, 5.74) is 3.41. The molecule has 0 spiro atoms. The highest BCUT2D eigenvalue weighted by Gasteiger charge is 2.20. The van der Waals surface area contributed by atoms with E-state index in [0.717, 1.165) is 59.1 Å². The van der Waals surface area contributed by atoms with E-state index in [1.54, 1.807) is 12.5 Å². The Labute approximate surface area is 234 Å². The Balaban J connectivity index is 1.58. The molecule has 7 nitrogen and oxygen atoms in total. The van der Waals surface area contributed by atoms with Crippen molar-refractivity contribution in [2.45, 2.75) is 65.5 Å². The number of unbranched alkanes of at least 4 members (excludes halogenated alkanes) is 3. The molecule has 8 heteroatoms. The van der Waals surface area contributed by atoms with Crippen LogP contribution >= 0.6 is 11.3 Å². The maximum atomic E-state index is 13.5. The minimum atomic E-state index is -0.0506. The third kappa shape index (κ3) is 7.33. The van der Waals surface area contributed by atoms with Crippen LogP contribution in [-0.2, 0) is 17.9 Å². The summed E-state index contributed by atoms with van der Waals surface area (Å²) in [5.74, 6) is 0.0205. The number of aromatic nitrogens is 2. The van der Waals surface area contributed by atoms with Gasteiger partial charge >= 0.3 is 0 Å². The number of hydrogen-bond acceptors (Lipinski definition) is 5. The number of thiophene rings is 1. The van der Waals surface area contributed by atoms with Crippen molar-refractivity contribution in [1.82, 2.24) is 14.9 Å². The Hall–Kier alpha value is -3.96. The molecule has 2 heterocycles. The van der Waals surface area contributed by atoms with Crippen LogP contribution in [0.2, 0.25) is 0 Å². The fraction of sp³-hybridized carbons (Fsp3) is 0.355. The summed E-state index contributed by atoms with van der Waals surface area (Å²) < 4.78 is 3.05. The van der Waals surface area contributed by atoms with Crippen molar-refractivity contribution in [3.63, 3.8) is 0 Å². The highest BCUT2D eigenvalue weighted by atomic mass is 32.1. The quantitative estimate of drug-likeness (QED) is 0.192. The van der Waals surface area contributed by atoms with Crippen LogP contribution in [0.15, 0.2) is 61.1 Å². The first-order valence-corrected chi connectivity index (χ1v) is 14.4. The molecule has 0 aliphatic rings. The molecule has 0 aliphatic carbocycles. The van der Waals surface area contributed by atoms with E-state index in [0.29, 0.717) is 36.5 Å². The maximum absolute atomic E-state index is 13.5. The highest BCUT2D eigenvalue weighted by molar-refractivity contribution is 7.20. The highest BCUT2D eigenvalue weighted by Crippen LogP contribution is 2.31. The number of carbonyl (C=O) groups excluding carboxylic acids is 2. The van der Waals surface area contributed by atoms with Crippen LogP contribution in [0.25, 0.3) is 10.1 Å². The monoisotopic (exact) mass is 541 g/mol. The number of amides is 2. The molecule has 4 rings (SSSR count). The van der Waals surface area contributed by atoms with E-state index >= 15 is 0 Å². The van der Waals surface area contributed by atoms with Crippen molar-refractivity contribution in [2.24, 2.45) is 0 Å². The van der Waals surface area contributed by atoms with E-state index in [-0.39, 0.29) is 11.8 Å². The molecule has 2 aromatic carbocycles. The summed E-state index contributed by atoms with van der Waals surface area (Å²) in [6, 6.07) is 17.5. The van der Waals surface area contributed by atoms with E-state index < -0.39 is 0 Å². The first kappa shape index (κ1) is 28.1. The second-order valence-corrected chi connectivity index (χ2v) is 10.8. The number of benzene rings is 2. The molecule has 2 amide bonds. The number of imidazole rings is 1. The Morgan fingerprint density at radius 2 is 1.85 bits per heavy atom. The Kier molecular flexibility index (Phi) is 9.87. The smallest absolute Gasteiger partial charge is 0.261 e. The first-order valence-electron chi connectivity index (χ1n) is 13.6. The van der Waals surface area contributed by atoms with Crippen molar-refractivity contribution in [3.8, 4) is 6.07 Å². The van der Waals surface area contributed by atoms with Crippen molar-refractivity contribution < 1.29 is 9.59 Å². The van der Waals surface area contributed by atoms with Crippen LogP contribution in [0.4, 0.5) is 5.69 Å². The summed E-state index contributed by atoms with van der Waals surface area (Å²) in [4.78, 5) is 33.0. The van der Waals surface area contributed by atoms with E-state index in [2.05, 4.69) is 30.2 Å². The number of nitrogens with zero attached hydrogens (tertiary/aromatic N) is 4. The number of nitrogens with one attached hydrogen (secondary N) is 1. The van der Waals surface area contributed by atoms with Crippen molar-refractivity contribution in [2.75, 3.05) is 11.4 Å². The van der Waals surface area contributed by atoms with E-state index in [1.807, 2.05) is 58.0 Å². The lowest BCUT2D eigenvalue weighted by molar-refractivity contribution is -0.118. The third-order valence-corrected chi connectivity index (χ3v) is 7.82. The van der Waals surface area contributed by atoms with Gasteiger partial charge in [0.05, 0.1) is 35.1 Å². The molecule has 1 N–H and O–H groups in total. The average Bonchev–Trinajstić information content (AvgIpc) is 3.58. The predicted molar refractivity (Wildman–Crippen MR) is 157 cm³/mol. The van der Waals surface area contributed by atoms with Gasteiger partial charge in [0.2, 0.25) is 5.91 Å². The molecule has 2 aromatic heterocycles. The Morgan fingerprint density at radius 1 is 1.05 bits per heavy atom. The van der Waals surface area contributed by atoms with Crippen molar-refractivity contribution >= 4 is 38.9 Å². The Bertz CT molecular complexity index is 1450. The van der Waals surface area contributed by atoms with Gasteiger partial charge in [-0.05, 0) is 60.2 Å². The number of hydrogen-bond donors (Lipinski definition) is 1.